The van der Waals surface area contributed by atoms with Gasteiger partial charge in [0.15, 0.2) is 0 Å². The van der Waals surface area contributed by atoms with E-state index < -0.39 is 0 Å². The van der Waals surface area contributed by atoms with Crippen molar-refractivity contribution in [1.29, 1.82) is 0 Å². The average molecular weight is 252 g/mol. The fourth-order valence-corrected chi connectivity index (χ4v) is 3.55. The van der Waals surface area contributed by atoms with Gasteiger partial charge >= 0.3 is 0 Å². The number of aromatic nitrogens is 2. The molecule has 0 spiro atoms. The third-order valence-electron chi connectivity index (χ3n) is 3.43. The number of fused-ring (bicyclic) bond motifs is 1. The molecule has 6 heteroatoms. The quantitative estimate of drug-likeness (QED) is 0.742. The van der Waals surface area contributed by atoms with E-state index in [9.17, 15) is 4.79 Å². The highest BCUT2D eigenvalue weighted by Crippen LogP contribution is 2.25. The second kappa shape index (κ2) is 4.44. The molecule has 1 fully saturated rings. The largest absolute Gasteiger partial charge is 0.309 e. The van der Waals surface area contributed by atoms with E-state index in [-0.39, 0.29) is 11.6 Å². The van der Waals surface area contributed by atoms with Gasteiger partial charge in [-0.2, -0.15) is 11.8 Å². The smallest absolute Gasteiger partial charge is 0.255 e. The van der Waals surface area contributed by atoms with Crippen molar-refractivity contribution in [3.05, 3.63) is 27.4 Å². The number of H-pyrrole nitrogens is 1. The van der Waals surface area contributed by atoms with Crippen LogP contribution in [0.1, 0.15) is 23.1 Å². The van der Waals surface area contributed by atoms with Crippen LogP contribution in [-0.4, -0.2) is 40.0 Å². The third kappa shape index (κ3) is 2.00. The summed E-state index contributed by atoms with van der Waals surface area (Å²) < 4.78 is 0. The number of rotatable bonds is 1. The lowest BCUT2D eigenvalue weighted by atomic mass is 10.2. The predicted octanol–water partition coefficient (Wildman–Crippen LogP) is 0.0928. The van der Waals surface area contributed by atoms with E-state index in [4.69, 9.17) is 0 Å². The normalized spacial score (nSPS) is 24.9. The minimum absolute atomic E-state index is 0.0268. The van der Waals surface area contributed by atoms with Crippen LogP contribution in [0.25, 0.3) is 0 Å². The number of hydrogen-bond donors (Lipinski definition) is 2. The van der Waals surface area contributed by atoms with Gasteiger partial charge in [0, 0.05) is 31.1 Å². The van der Waals surface area contributed by atoms with Gasteiger partial charge in [-0.3, -0.25) is 9.69 Å². The summed E-state index contributed by atoms with van der Waals surface area (Å²) in [5.74, 6) is 2.99. The number of nitrogens with one attached hydrogen (secondary N) is 2. The van der Waals surface area contributed by atoms with Gasteiger partial charge in [-0.05, 0) is 7.05 Å². The highest BCUT2D eigenvalue weighted by atomic mass is 32.2. The molecule has 2 N–H and O–H groups in total. The molecule has 3 heterocycles. The second-order valence-corrected chi connectivity index (χ2v) is 5.70. The Kier molecular flexibility index (Phi) is 2.94. The Morgan fingerprint density at radius 3 is 3.18 bits per heavy atom. The van der Waals surface area contributed by atoms with Gasteiger partial charge in [0.25, 0.3) is 5.56 Å². The summed E-state index contributed by atoms with van der Waals surface area (Å²) >= 11 is 1.92. The molecule has 0 radical (unpaired) electrons. The molecule has 17 heavy (non-hydrogen) atoms. The minimum Gasteiger partial charge on any atom is -0.309 e. The fraction of sp³-hybridized carbons (Fsp3) is 0.636. The van der Waals surface area contributed by atoms with Gasteiger partial charge in [0.1, 0.15) is 5.82 Å². The van der Waals surface area contributed by atoms with Crippen LogP contribution >= 0.6 is 11.8 Å². The van der Waals surface area contributed by atoms with E-state index in [1.807, 2.05) is 11.8 Å². The monoisotopic (exact) mass is 252 g/mol. The summed E-state index contributed by atoms with van der Waals surface area (Å²) in [6.45, 7) is 2.41. The molecule has 92 valence electrons. The predicted molar refractivity (Wildman–Crippen MR) is 68.1 cm³/mol. The van der Waals surface area contributed by atoms with Gasteiger partial charge in [-0.25, -0.2) is 4.98 Å². The van der Waals surface area contributed by atoms with E-state index in [0.717, 1.165) is 41.7 Å². The molecule has 0 aromatic carbocycles. The molecule has 1 atom stereocenters. The highest BCUT2D eigenvalue weighted by Gasteiger charge is 2.25. The Morgan fingerprint density at radius 2 is 2.35 bits per heavy atom. The lowest BCUT2D eigenvalue weighted by Crippen LogP contribution is -2.35. The molecule has 0 aliphatic carbocycles. The Bertz CT molecular complexity index is 487. The van der Waals surface area contributed by atoms with Crippen molar-refractivity contribution in [3.63, 3.8) is 0 Å². The lowest BCUT2D eigenvalue weighted by molar-refractivity contribution is 0.263. The zero-order chi connectivity index (χ0) is 11.8. The van der Waals surface area contributed by atoms with Crippen LogP contribution in [0.5, 0.6) is 0 Å². The summed E-state index contributed by atoms with van der Waals surface area (Å²) in [6, 6.07) is 0.243. The molecule has 0 bridgehead atoms. The number of hydrogen-bond acceptors (Lipinski definition) is 5. The maximum atomic E-state index is 11.9. The van der Waals surface area contributed by atoms with Gasteiger partial charge in [-0.15, -0.1) is 0 Å². The topological polar surface area (TPSA) is 61.0 Å². The van der Waals surface area contributed by atoms with Crippen LogP contribution < -0.4 is 10.9 Å². The molecule has 2 aliphatic heterocycles. The van der Waals surface area contributed by atoms with Crippen LogP contribution in [0.3, 0.4) is 0 Å². The number of aromatic amines is 1. The van der Waals surface area contributed by atoms with Gasteiger partial charge in [0.05, 0.1) is 17.3 Å². The summed E-state index contributed by atoms with van der Waals surface area (Å²) in [5.41, 5.74) is 1.76. The van der Waals surface area contributed by atoms with Gasteiger partial charge in [-0.1, -0.05) is 0 Å². The Labute approximate surface area is 104 Å². The third-order valence-corrected chi connectivity index (χ3v) is 4.45. The van der Waals surface area contributed by atoms with Crippen molar-refractivity contribution in [2.24, 2.45) is 0 Å². The van der Waals surface area contributed by atoms with Crippen LogP contribution in [-0.2, 0) is 13.1 Å². The van der Waals surface area contributed by atoms with Crippen molar-refractivity contribution in [1.82, 2.24) is 20.2 Å². The Morgan fingerprint density at radius 1 is 1.47 bits per heavy atom. The van der Waals surface area contributed by atoms with Crippen LogP contribution in [0.2, 0.25) is 0 Å². The first kappa shape index (κ1) is 11.3. The van der Waals surface area contributed by atoms with Crippen LogP contribution in [0.4, 0.5) is 0 Å². The minimum atomic E-state index is 0.0268. The first-order valence-electron chi connectivity index (χ1n) is 5.86. The van der Waals surface area contributed by atoms with Crippen LogP contribution in [0.15, 0.2) is 4.79 Å². The second-order valence-electron chi connectivity index (χ2n) is 4.55. The standard InChI is InChI=1S/C11H16N4OS/c1-15-2-3-17-6-9(15)10-13-8-5-12-4-7(8)11(16)14-10/h9,12H,2-6H2,1H3,(H,13,14,16). The number of nitrogens with zero attached hydrogens (tertiary/aromatic N) is 2. The number of thioether (sulfide) groups is 1. The first-order chi connectivity index (χ1) is 8.25. The Hall–Kier alpha value is -0.850. The van der Waals surface area contributed by atoms with E-state index in [1.165, 1.54) is 0 Å². The van der Waals surface area contributed by atoms with Crippen molar-refractivity contribution >= 4 is 11.8 Å². The first-order valence-corrected chi connectivity index (χ1v) is 7.02. The van der Waals surface area contributed by atoms with Gasteiger partial charge < -0.3 is 10.3 Å². The zero-order valence-electron chi connectivity index (χ0n) is 9.82. The van der Waals surface area contributed by atoms with Gasteiger partial charge in [0.2, 0.25) is 0 Å². The molecular weight excluding hydrogens is 236 g/mol. The fourth-order valence-electron chi connectivity index (χ4n) is 2.33. The SMILES string of the molecule is CN1CCSCC1c1nc2c(c(=O)[nH]1)CNC2. The van der Waals surface area contributed by atoms with E-state index >= 15 is 0 Å². The maximum Gasteiger partial charge on any atom is 0.255 e. The maximum absolute atomic E-state index is 11.9. The zero-order valence-corrected chi connectivity index (χ0v) is 10.6. The molecule has 2 aliphatic rings. The van der Waals surface area contributed by atoms with Crippen LogP contribution in [0, 0.1) is 0 Å². The van der Waals surface area contributed by atoms with E-state index in [2.05, 4.69) is 27.2 Å². The molecular formula is C11H16N4OS. The molecule has 1 aromatic rings. The van der Waals surface area contributed by atoms with Crippen molar-refractivity contribution in [2.45, 2.75) is 19.1 Å². The van der Waals surface area contributed by atoms with E-state index in [1.54, 1.807) is 0 Å². The molecule has 0 saturated carbocycles. The Balaban J connectivity index is 1.98. The molecule has 3 rings (SSSR count). The summed E-state index contributed by atoms with van der Waals surface area (Å²) in [7, 11) is 2.09. The van der Waals surface area contributed by atoms with E-state index in [0.29, 0.717) is 6.54 Å². The summed E-state index contributed by atoms with van der Waals surface area (Å²) in [4.78, 5) is 21.7. The molecule has 1 aromatic heterocycles. The van der Waals surface area contributed by atoms with Crippen molar-refractivity contribution in [3.8, 4) is 0 Å². The molecule has 0 amide bonds. The highest BCUT2D eigenvalue weighted by molar-refractivity contribution is 7.99. The molecule has 5 nitrogen and oxygen atoms in total. The lowest BCUT2D eigenvalue weighted by Gasteiger charge is -2.31. The van der Waals surface area contributed by atoms with Crippen molar-refractivity contribution in [2.75, 3.05) is 25.1 Å². The molecule has 1 unspecified atom stereocenters. The average Bonchev–Trinajstić information content (AvgIpc) is 2.78. The van der Waals surface area contributed by atoms with Crippen molar-refractivity contribution < 1.29 is 0 Å². The summed E-state index contributed by atoms with van der Waals surface area (Å²) in [6.07, 6.45) is 0. The summed E-state index contributed by atoms with van der Waals surface area (Å²) in [5, 5.41) is 3.17. The molecule has 1 saturated heterocycles.